The van der Waals surface area contributed by atoms with Crippen LogP contribution in [-0.4, -0.2) is 12.8 Å². The van der Waals surface area contributed by atoms with Gasteiger partial charge in [0, 0.05) is 6.21 Å². The van der Waals surface area contributed by atoms with Crippen molar-refractivity contribution in [2.45, 2.75) is 0 Å². The number of halogens is 1. The third kappa shape index (κ3) is 3.93. The minimum absolute atomic E-state index is 0.465. The second-order valence-corrected chi connectivity index (χ2v) is 4.07. The van der Waals surface area contributed by atoms with Crippen molar-refractivity contribution < 1.29 is 4.42 Å². The van der Waals surface area contributed by atoms with Crippen LogP contribution in [0.1, 0.15) is 11.3 Å². The van der Waals surface area contributed by atoms with Crippen molar-refractivity contribution in [1.82, 2.24) is 0 Å². The SMILES string of the molecule is Brc1ccc(C#CCN=Cc2ccccc2)o1. The molecule has 1 aromatic carbocycles. The van der Waals surface area contributed by atoms with Gasteiger partial charge in [0.15, 0.2) is 10.4 Å². The Labute approximate surface area is 109 Å². The maximum Gasteiger partial charge on any atom is 0.178 e. The summed E-state index contributed by atoms with van der Waals surface area (Å²) in [6.07, 6.45) is 1.81. The highest BCUT2D eigenvalue weighted by Gasteiger charge is 1.92. The summed E-state index contributed by atoms with van der Waals surface area (Å²) in [7, 11) is 0. The number of nitrogens with zero attached hydrogens (tertiary/aromatic N) is 1. The summed E-state index contributed by atoms with van der Waals surface area (Å²) in [5.74, 6) is 6.46. The van der Waals surface area contributed by atoms with Crippen LogP contribution < -0.4 is 0 Å². The van der Waals surface area contributed by atoms with Gasteiger partial charge in [0.05, 0.1) is 0 Å². The first kappa shape index (κ1) is 11.7. The first-order valence-electron chi connectivity index (χ1n) is 5.14. The third-order valence-electron chi connectivity index (χ3n) is 2.00. The molecule has 2 nitrogen and oxygen atoms in total. The number of hydrogen-bond donors (Lipinski definition) is 0. The number of furan rings is 1. The van der Waals surface area contributed by atoms with Crippen molar-refractivity contribution in [3.63, 3.8) is 0 Å². The Morgan fingerprint density at radius 3 is 2.71 bits per heavy atom. The topological polar surface area (TPSA) is 25.5 Å². The summed E-state index contributed by atoms with van der Waals surface area (Å²) < 4.78 is 5.93. The van der Waals surface area contributed by atoms with Crippen LogP contribution in [0.2, 0.25) is 0 Å². The van der Waals surface area contributed by atoms with E-state index < -0.39 is 0 Å². The van der Waals surface area contributed by atoms with Gasteiger partial charge in [-0.3, -0.25) is 4.99 Å². The van der Waals surface area contributed by atoms with Crippen LogP contribution in [0, 0.1) is 11.8 Å². The first-order valence-corrected chi connectivity index (χ1v) is 5.93. The molecule has 0 amide bonds. The van der Waals surface area contributed by atoms with Crippen molar-refractivity contribution in [1.29, 1.82) is 0 Å². The van der Waals surface area contributed by atoms with E-state index in [-0.39, 0.29) is 0 Å². The van der Waals surface area contributed by atoms with Crippen LogP contribution in [0.5, 0.6) is 0 Å². The van der Waals surface area contributed by atoms with Crippen LogP contribution in [0.25, 0.3) is 0 Å². The lowest BCUT2D eigenvalue weighted by molar-refractivity contribution is 0.529. The molecule has 0 fully saturated rings. The zero-order valence-electron chi connectivity index (χ0n) is 9.06. The number of benzene rings is 1. The Balaban J connectivity index is 1.88. The summed E-state index contributed by atoms with van der Waals surface area (Å²) in [5, 5.41) is 0. The Bertz CT molecular complexity index is 561. The molecule has 1 aromatic heterocycles. The van der Waals surface area contributed by atoms with E-state index in [1.807, 2.05) is 48.7 Å². The third-order valence-corrected chi connectivity index (χ3v) is 2.42. The molecule has 2 rings (SSSR count). The Kier molecular flexibility index (Phi) is 4.17. The highest BCUT2D eigenvalue weighted by atomic mass is 79.9. The average molecular weight is 288 g/mol. The fraction of sp³-hybridized carbons (Fsp3) is 0.0714. The molecule has 3 heteroatoms. The number of hydrogen-bond acceptors (Lipinski definition) is 2. The van der Waals surface area contributed by atoms with E-state index >= 15 is 0 Å². The average Bonchev–Trinajstić information content (AvgIpc) is 2.76. The predicted molar refractivity (Wildman–Crippen MR) is 72.2 cm³/mol. The molecular formula is C14H10BrNO. The van der Waals surface area contributed by atoms with E-state index in [9.17, 15) is 0 Å². The fourth-order valence-corrected chi connectivity index (χ4v) is 1.55. The lowest BCUT2D eigenvalue weighted by Gasteiger charge is -1.88. The summed E-state index contributed by atoms with van der Waals surface area (Å²) in [5.41, 5.74) is 1.08. The van der Waals surface area contributed by atoms with Gasteiger partial charge in [0.25, 0.3) is 0 Å². The van der Waals surface area contributed by atoms with Crippen molar-refractivity contribution in [3.8, 4) is 11.8 Å². The van der Waals surface area contributed by atoms with E-state index in [2.05, 4.69) is 32.8 Å². The van der Waals surface area contributed by atoms with E-state index in [1.165, 1.54) is 0 Å². The molecule has 1 heterocycles. The van der Waals surface area contributed by atoms with Crippen LogP contribution in [0.3, 0.4) is 0 Å². The van der Waals surface area contributed by atoms with Gasteiger partial charge in [-0.1, -0.05) is 36.3 Å². The Hall–Kier alpha value is -1.79. The molecule has 0 saturated carbocycles. The second kappa shape index (κ2) is 6.07. The van der Waals surface area contributed by atoms with Gasteiger partial charge in [-0.25, -0.2) is 0 Å². The summed E-state index contributed by atoms with van der Waals surface area (Å²) in [6.45, 7) is 0.465. The van der Waals surface area contributed by atoms with Gasteiger partial charge in [-0.2, -0.15) is 0 Å². The monoisotopic (exact) mass is 287 g/mol. The molecule has 0 aliphatic rings. The van der Waals surface area contributed by atoms with Gasteiger partial charge in [-0.05, 0) is 39.5 Å². The molecule has 0 unspecified atom stereocenters. The van der Waals surface area contributed by atoms with Crippen molar-refractivity contribution >= 4 is 22.1 Å². The van der Waals surface area contributed by atoms with Crippen LogP contribution >= 0.6 is 15.9 Å². The maximum absolute atomic E-state index is 5.24. The molecule has 84 valence electrons. The Morgan fingerprint density at radius 2 is 2.00 bits per heavy atom. The highest BCUT2D eigenvalue weighted by Crippen LogP contribution is 2.12. The smallest absolute Gasteiger partial charge is 0.178 e. The molecule has 2 aromatic rings. The van der Waals surface area contributed by atoms with Gasteiger partial charge >= 0.3 is 0 Å². The van der Waals surface area contributed by atoms with Crippen LogP contribution in [0.15, 0.2) is 56.5 Å². The summed E-state index contributed by atoms with van der Waals surface area (Å²) in [4.78, 5) is 4.21. The largest absolute Gasteiger partial charge is 0.441 e. The zero-order chi connectivity index (χ0) is 11.9. The lowest BCUT2D eigenvalue weighted by Crippen LogP contribution is -1.81. The van der Waals surface area contributed by atoms with Gasteiger partial charge < -0.3 is 4.42 Å². The van der Waals surface area contributed by atoms with Gasteiger partial charge in [0.1, 0.15) is 6.54 Å². The molecule has 0 bridgehead atoms. The van der Waals surface area contributed by atoms with E-state index in [0.29, 0.717) is 17.0 Å². The maximum atomic E-state index is 5.24. The van der Waals surface area contributed by atoms with Crippen LogP contribution in [0.4, 0.5) is 0 Å². The van der Waals surface area contributed by atoms with Crippen molar-refractivity contribution in [2.24, 2.45) is 4.99 Å². The van der Waals surface area contributed by atoms with E-state index in [4.69, 9.17) is 4.42 Å². The molecule has 0 saturated heterocycles. The molecule has 0 aliphatic carbocycles. The van der Waals surface area contributed by atoms with E-state index in [1.54, 1.807) is 0 Å². The molecule has 0 radical (unpaired) electrons. The molecule has 17 heavy (non-hydrogen) atoms. The fourth-order valence-electron chi connectivity index (χ4n) is 1.24. The normalized spacial score (nSPS) is 10.2. The lowest BCUT2D eigenvalue weighted by atomic mass is 10.2. The summed E-state index contributed by atoms with van der Waals surface area (Å²) >= 11 is 3.22. The standard InChI is InChI=1S/C14H10BrNO/c15-14-9-8-13(17-14)7-4-10-16-11-12-5-2-1-3-6-12/h1-3,5-6,8-9,11H,10H2. The van der Waals surface area contributed by atoms with Crippen LogP contribution in [-0.2, 0) is 0 Å². The molecule has 0 aliphatic heterocycles. The first-order chi connectivity index (χ1) is 8.34. The van der Waals surface area contributed by atoms with E-state index in [0.717, 1.165) is 5.56 Å². The number of rotatable bonds is 2. The molecule has 0 spiro atoms. The number of aliphatic imine (C=N–C) groups is 1. The van der Waals surface area contributed by atoms with Gasteiger partial charge in [0.2, 0.25) is 0 Å². The highest BCUT2D eigenvalue weighted by molar-refractivity contribution is 9.10. The van der Waals surface area contributed by atoms with Crippen molar-refractivity contribution in [2.75, 3.05) is 6.54 Å². The minimum Gasteiger partial charge on any atom is -0.441 e. The Morgan fingerprint density at radius 1 is 1.18 bits per heavy atom. The molecular weight excluding hydrogens is 278 g/mol. The second-order valence-electron chi connectivity index (χ2n) is 3.29. The quantitative estimate of drug-likeness (QED) is 0.613. The van der Waals surface area contributed by atoms with Crippen molar-refractivity contribution in [3.05, 3.63) is 58.5 Å². The zero-order valence-corrected chi connectivity index (χ0v) is 10.6. The molecule has 0 atom stereocenters. The van der Waals surface area contributed by atoms with Gasteiger partial charge in [-0.15, -0.1) is 0 Å². The predicted octanol–water partition coefficient (Wildman–Crippen LogP) is 3.51. The summed E-state index contributed by atoms with van der Waals surface area (Å²) in [6, 6.07) is 13.6. The minimum atomic E-state index is 0.465. The molecule has 0 N–H and O–H groups in total.